The van der Waals surface area contributed by atoms with E-state index in [0.29, 0.717) is 0 Å². The van der Waals surface area contributed by atoms with Gasteiger partial charge in [0.15, 0.2) is 0 Å². The minimum absolute atomic E-state index is 0.0103. The minimum Gasteiger partial charge on any atom is -0.0654 e. The summed E-state index contributed by atoms with van der Waals surface area (Å²) in [4.78, 5) is 0. The number of hydrogen-bond acceptors (Lipinski definition) is 0. The molecule has 0 nitrogen and oxygen atoms in total. The average Bonchev–Trinajstić information content (AvgIpc) is 2.94. The molecular formula is C39H64. The summed E-state index contributed by atoms with van der Waals surface area (Å²) < 4.78 is 0. The fraction of sp³-hybridized carbons (Fsp3) is 0.692. The van der Waals surface area contributed by atoms with E-state index in [0.717, 1.165) is 0 Å². The third kappa shape index (κ3) is 9.79. The van der Waals surface area contributed by atoms with Crippen LogP contribution in [0.1, 0.15) is 177 Å². The van der Waals surface area contributed by atoms with Crippen molar-refractivity contribution in [3.05, 3.63) is 68.8 Å². The normalized spacial score (nSPS) is 11.9. The van der Waals surface area contributed by atoms with E-state index < -0.39 is 0 Å². The fourth-order valence-electron chi connectivity index (χ4n) is 6.19. The lowest BCUT2D eigenvalue weighted by Gasteiger charge is -2.31. The summed E-state index contributed by atoms with van der Waals surface area (Å²) in [7, 11) is 0. The summed E-state index contributed by atoms with van der Waals surface area (Å²) in [6.07, 6.45) is 22.9. The van der Waals surface area contributed by atoms with E-state index in [9.17, 15) is 0 Å². The van der Waals surface area contributed by atoms with Crippen molar-refractivity contribution in [2.24, 2.45) is 0 Å². The number of hydrogen-bond donors (Lipinski definition) is 0. The Morgan fingerprint density at radius 1 is 0.385 bits per heavy atom. The monoisotopic (exact) mass is 533 g/mol. The van der Waals surface area contributed by atoms with Gasteiger partial charge in [-0.25, -0.2) is 0 Å². The van der Waals surface area contributed by atoms with E-state index in [-0.39, 0.29) is 5.41 Å². The Labute approximate surface area is 244 Å². The first-order valence-electron chi connectivity index (χ1n) is 17.2. The van der Waals surface area contributed by atoms with E-state index in [1.807, 2.05) is 0 Å². The standard InChI is InChI=1S/C39H64/c1-9-15-21-31-27-35(28-32(22-16-10-2)37(31)25-19-13-5)39(7,8)36-29-33(23-17-11-3)38(26-20-14-6)34(30-36)24-18-12-4/h27-30H,9-26H2,1-8H3. The summed E-state index contributed by atoms with van der Waals surface area (Å²) in [6, 6.07) is 10.5. The predicted octanol–water partition coefficient (Wildman–Crippen LogP) is 12.1. The number of aryl methyl sites for hydroxylation is 4. The molecule has 0 heterocycles. The van der Waals surface area contributed by atoms with Crippen molar-refractivity contribution in [2.75, 3.05) is 0 Å². The number of unbranched alkanes of at least 4 members (excludes halogenated alkanes) is 6. The van der Waals surface area contributed by atoms with Crippen molar-refractivity contribution < 1.29 is 0 Å². The maximum Gasteiger partial charge on any atom is 0.0146 e. The molecule has 0 spiro atoms. The smallest absolute Gasteiger partial charge is 0.0146 e. The van der Waals surface area contributed by atoms with Crippen LogP contribution in [0, 0.1) is 0 Å². The third-order valence-electron chi connectivity index (χ3n) is 9.07. The van der Waals surface area contributed by atoms with Crippen molar-refractivity contribution in [2.45, 2.75) is 176 Å². The molecule has 39 heavy (non-hydrogen) atoms. The Balaban J connectivity index is 2.71. The van der Waals surface area contributed by atoms with Crippen LogP contribution >= 0.6 is 0 Å². The Kier molecular flexibility index (Phi) is 15.5. The molecule has 0 bridgehead atoms. The van der Waals surface area contributed by atoms with Crippen molar-refractivity contribution in [3.63, 3.8) is 0 Å². The first-order valence-corrected chi connectivity index (χ1v) is 17.2. The van der Waals surface area contributed by atoms with Crippen molar-refractivity contribution in [1.82, 2.24) is 0 Å². The van der Waals surface area contributed by atoms with Gasteiger partial charge in [-0.05, 0) is 122 Å². The van der Waals surface area contributed by atoms with Gasteiger partial charge in [-0.2, -0.15) is 0 Å². The zero-order chi connectivity index (χ0) is 28.7. The molecule has 0 atom stereocenters. The van der Waals surface area contributed by atoms with Gasteiger partial charge >= 0.3 is 0 Å². The summed E-state index contributed by atoms with van der Waals surface area (Å²) >= 11 is 0. The van der Waals surface area contributed by atoms with Gasteiger partial charge in [-0.3, -0.25) is 0 Å². The molecule has 0 fully saturated rings. The second kappa shape index (κ2) is 18.0. The van der Waals surface area contributed by atoms with Gasteiger partial charge in [0.2, 0.25) is 0 Å². The molecule has 0 aliphatic carbocycles. The highest BCUT2D eigenvalue weighted by Gasteiger charge is 2.27. The molecule has 0 aliphatic heterocycles. The molecule has 0 aliphatic rings. The van der Waals surface area contributed by atoms with Crippen LogP contribution in [0.5, 0.6) is 0 Å². The van der Waals surface area contributed by atoms with Crippen molar-refractivity contribution in [3.8, 4) is 0 Å². The molecule has 220 valence electrons. The van der Waals surface area contributed by atoms with Gasteiger partial charge in [-0.15, -0.1) is 0 Å². The SMILES string of the molecule is CCCCc1cc(C(C)(C)c2cc(CCCC)c(CCCC)c(CCCC)c2)cc(CCCC)c1CCCC. The molecule has 2 aromatic rings. The van der Waals surface area contributed by atoms with Gasteiger partial charge in [0.05, 0.1) is 0 Å². The Morgan fingerprint density at radius 2 is 0.615 bits per heavy atom. The Hall–Kier alpha value is -1.56. The second-order valence-electron chi connectivity index (χ2n) is 12.8. The predicted molar refractivity (Wildman–Crippen MR) is 177 cm³/mol. The van der Waals surface area contributed by atoms with E-state index >= 15 is 0 Å². The molecule has 0 amide bonds. The van der Waals surface area contributed by atoms with Crippen LogP contribution in [0.15, 0.2) is 24.3 Å². The molecule has 0 saturated carbocycles. The quantitative estimate of drug-likeness (QED) is 0.159. The molecule has 0 N–H and O–H groups in total. The molecule has 0 radical (unpaired) electrons. The highest BCUT2D eigenvalue weighted by Crippen LogP contribution is 2.38. The zero-order valence-electron chi connectivity index (χ0n) is 27.5. The molecule has 0 unspecified atom stereocenters. The average molecular weight is 533 g/mol. The Morgan fingerprint density at radius 3 is 0.846 bits per heavy atom. The third-order valence-corrected chi connectivity index (χ3v) is 9.07. The summed E-state index contributed by atoms with van der Waals surface area (Å²) in [5.74, 6) is 0. The largest absolute Gasteiger partial charge is 0.0654 e. The lowest BCUT2D eigenvalue weighted by molar-refractivity contribution is 0.627. The van der Waals surface area contributed by atoms with Crippen LogP contribution < -0.4 is 0 Å². The van der Waals surface area contributed by atoms with Gasteiger partial charge in [-0.1, -0.05) is 118 Å². The van der Waals surface area contributed by atoms with E-state index in [1.165, 1.54) is 116 Å². The van der Waals surface area contributed by atoms with Crippen molar-refractivity contribution in [1.29, 1.82) is 0 Å². The number of rotatable bonds is 20. The van der Waals surface area contributed by atoms with Crippen LogP contribution in [0.3, 0.4) is 0 Å². The first kappa shape index (κ1) is 33.6. The van der Waals surface area contributed by atoms with Crippen LogP contribution in [0.4, 0.5) is 0 Å². The summed E-state index contributed by atoms with van der Waals surface area (Å²) in [5.41, 5.74) is 13.1. The van der Waals surface area contributed by atoms with Gasteiger partial charge in [0.1, 0.15) is 0 Å². The highest BCUT2D eigenvalue weighted by atomic mass is 14.3. The zero-order valence-corrected chi connectivity index (χ0v) is 27.5. The lowest BCUT2D eigenvalue weighted by atomic mass is 9.73. The summed E-state index contributed by atoms with van der Waals surface area (Å²) in [6.45, 7) is 19.1. The molecule has 2 aromatic carbocycles. The fourth-order valence-corrected chi connectivity index (χ4v) is 6.19. The molecule has 0 saturated heterocycles. The van der Waals surface area contributed by atoms with Crippen molar-refractivity contribution >= 4 is 0 Å². The van der Waals surface area contributed by atoms with E-state index in [2.05, 4.69) is 79.7 Å². The molecule has 0 aromatic heterocycles. The number of benzene rings is 2. The second-order valence-corrected chi connectivity index (χ2v) is 12.8. The van der Waals surface area contributed by atoms with Crippen LogP contribution in [0.25, 0.3) is 0 Å². The maximum atomic E-state index is 2.64. The molecule has 2 rings (SSSR count). The minimum atomic E-state index is 0.0103. The van der Waals surface area contributed by atoms with Gasteiger partial charge in [0.25, 0.3) is 0 Å². The van der Waals surface area contributed by atoms with Crippen LogP contribution in [-0.2, 0) is 43.9 Å². The van der Waals surface area contributed by atoms with Gasteiger partial charge < -0.3 is 0 Å². The topological polar surface area (TPSA) is 0 Å². The maximum absolute atomic E-state index is 2.64. The van der Waals surface area contributed by atoms with E-state index in [4.69, 9.17) is 0 Å². The van der Waals surface area contributed by atoms with Crippen LogP contribution in [0.2, 0.25) is 0 Å². The molecular weight excluding hydrogens is 468 g/mol. The first-order chi connectivity index (χ1) is 18.9. The van der Waals surface area contributed by atoms with E-state index in [1.54, 1.807) is 44.5 Å². The molecule has 0 heteroatoms. The lowest BCUT2D eigenvalue weighted by Crippen LogP contribution is -2.22. The van der Waals surface area contributed by atoms with Gasteiger partial charge in [0, 0.05) is 5.41 Å². The highest BCUT2D eigenvalue weighted by molar-refractivity contribution is 5.50. The van der Waals surface area contributed by atoms with Crippen LogP contribution in [-0.4, -0.2) is 0 Å². The summed E-state index contributed by atoms with van der Waals surface area (Å²) in [5, 5.41) is 0. The Bertz CT molecular complexity index is 824.